The lowest BCUT2D eigenvalue weighted by molar-refractivity contribution is 0.105. The van der Waals surface area contributed by atoms with E-state index in [0.29, 0.717) is 39.8 Å². The second-order valence-electron chi connectivity index (χ2n) is 7.90. The Morgan fingerprint density at radius 2 is 2.00 bits per heavy atom. The summed E-state index contributed by atoms with van der Waals surface area (Å²) in [6, 6.07) is 10.7. The van der Waals surface area contributed by atoms with Gasteiger partial charge in [-0.25, -0.2) is 0 Å². The minimum absolute atomic E-state index is 0.0849. The van der Waals surface area contributed by atoms with Crippen LogP contribution in [0.15, 0.2) is 53.3 Å². The third-order valence-corrected chi connectivity index (χ3v) is 5.65. The fourth-order valence-electron chi connectivity index (χ4n) is 2.74. The van der Waals surface area contributed by atoms with Gasteiger partial charge in [0.2, 0.25) is 5.78 Å². The zero-order chi connectivity index (χ0) is 21.7. The molecule has 0 spiro atoms. The van der Waals surface area contributed by atoms with Crippen molar-refractivity contribution in [2.24, 2.45) is 0 Å². The number of carbonyl (C=O) groups excluding carboxylic acids is 1. The Morgan fingerprint density at radius 3 is 2.67 bits per heavy atom. The Labute approximate surface area is 182 Å². The van der Waals surface area contributed by atoms with Gasteiger partial charge >= 0.3 is 0 Å². The van der Waals surface area contributed by atoms with E-state index in [1.807, 2.05) is 25.1 Å². The van der Waals surface area contributed by atoms with Crippen LogP contribution in [0.25, 0.3) is 11.3 Å². The SMILES string of the molecule is CC(CO[Si](C)(C)C)c1onc(-c2ccccc2Cl)c1C#CC(=O)c1cccnc1. The number of carbonyl (C=O) groups is 1. The lowest BCUT2D eigenvalue weighted by atomic mass is 10.00. The van der Waals surface area contributed by atoms with E-state index in [0.717, 1.165) is 0 Å². The molecule has 0 saturated heterocycles. The molecular formula is C23H23ClN2O3Si. The molecule has 3 rings (SSSR count). The zero-order valence-corrected chi connectivity index (χ0v) is 19.2. The van der Waals surface area contributed by atoms with Crippen LogP contribution in [0.4, 0.5) is 0 Å². The molecule has 0 N–H and O–H groups in total. The first-order chi connectivity index (χ1) is 14.3. The molecular weight excluding hydrogens is 416 g/mol. The number of ketones is 1. The third-order valence-electron chi connectivity index (χ3n) is 4.29. The molecule has 0 fully saturated rings. The third kappa shape index (κ3) is 5.45. The first-order valence-corrected chi connectivity index (χ1v) is 13.4. The minimum Gasteiger partial charge on any atom is -0.417 e. The standard InChI is InChI=1S/C23H23ClN2O3Si/c1-16(15-28-30(2,3)4)23-19(11-12-21(27)17-8-7-13-25-14-17)22(26-29-23)18-9-5-6-10-20(18)24/h5-10,13-14,16H,15H2,1-4H3. The second-order valence-corrected chi connectivity index (χ2v) is 12.8. The molecule has 154 valence electrons. The van der Waals surface area contributed by atoms with Crippen LogP contribution in [0.1, 0.15) is 34.5 Å². The number of pyridine rings is 1. The molecule has 0 amide bonds. The van der Waals surface area contributed by atoms with Gasteiger partial charge in [-0.3, -0.25) is 9.78 Å². The number of benzene rings is 1. The van der Waals surface area contributed by atoms with E-state index in [1.165, 1.54) is 6.20 Å². The Kier molecular flexibility index (Phi) is 6.88. The highest BCUT2D eigenvalue weighted by molar-refractivity contribution is 6.69. The number of hydrogen-bond acceptors (Lipinski definition) is 5. The molecule has 1 atom stereocenters. The monoisotopic (exact) mass is 438 g/mol. The quantitative estimate of drug-likeness (QED) is 0.285. The fraction of sp³-hybridized carbons (Fsp3) is 0.261. The van der Waals surface area contributed by atoms with Crippen LogP contribution in [0.2, 0.25) is 24.7 Å². The lowest BCUT2D eigenvalue weighted by Crippen LogP contribution is -2.27. The van der Waals surface area contributed by atoms with Gasteiger partial charge in [-0.2, -0.15) is 0 Å². The highest BCUT2D eigenvalue weighted by atomic mass is 35.5. The maximum atomic E-state index is 12.5. The van der Waals surface area contributed by atoms with Crippen molar-refractivity contribution in [2.75, 3.05) is 6.61 Å². The lowest BCUT2D eigenvalue weighted by Gasteiger charge is -2.19. The number of rotatable bonds is 6. The molecule has 0 aliphatic carbocycles. The topological polar surface area (TPSA) is 65.2 Å². The highest BCUT2D eigenvalue weighted by Gasteiger charge is 2.24. The van der Waals surface area contributed by atoms with Crippen molar-refractivity contribution in [1.29, 1.82) is 0 Å². The Balaban J connectivity index is 2.02. The molecule has 0 aliphatic heterocycles. The molecule has 5 nitrogen and oxygen atoms in total. The van der Waals surface area contributed by atoms with Crippen molar-refractivity contribution >= 4 is 25.7 Å². The van der Waals surface area contributed by atoms with Crippen molar-refractivity contribution in [1.82, 2.24) is 10.1 Å². The molecule has 2 heterocycles. The molecule has 0 radical (unpaired) electrons. The average Bonchev–Trinajstić information content (AvgIpc) is 3.14. The number of aromatic nitrogens is 2. The van der Waals surface area contributed by atoms with Crippen molar-refractivity contribution in [3.8, 4) is 23.1 Å². The van der Waals surface area contributed by atoms with Crippen molar-refractivity contribution in [3.05, 3.63) is 70.7 Å². The maximum absolute atomic E-state index is 12.5. The van der Waals surface area contributed by atoms with Gasteiger partial charge in [-0.1, -0.05) is 47.8 Å². The molecule has 0 bridgehead atoms. The summed E-state index contributed by atoms with van der Waals surface area (Å²) < 4.78 is 11.7. The van der Waals surface area contributed by atoms with E-state index in [4.69, 9.17) is 20.6 Å². The van der Waals surface area contributed by atoms with Gasteiger partial charge in [0, 0.05) is 36.0 Å². The summed E-state index contributed by atoms with van der Waals surface area (Å²) in [6.45, 7) is 8.86. The molecule has 1 unspecified atom stereocenters. The smallest absolute Gasteiger partial charge is 0.237 e. The van der Waals surface area contributed by atoms with E-state index in [1.54, 1.807) is 24.4 Å². The van der Waals surface area contributed by atoms with Gasteiger partial charge in [0.15, 0.2) is 14.1 Å². The summed E-state index contributed by atoms with van der Waals surface area (Å²) in [5.41, 5.74) is 2.19. The molecule has 1 aromatic carbocycles. The molecule has 30 heavy (non-hydrogen) atoms. The van der Waals surface area contributed by atoms with E-state index in [-0.39, 0.29) is 11.7 Å². The molecule has 0 saturated carbocycles. The van der Waals surface area contributed by atoms with Gasteiger partial charge in [0.25, 0.3) is 0 Å². The van der Waals surface area contributed by atoms with Crippen LogP contribution < -0.4 is 0 Å². The summed E-state index contributed by atoms with van der Waals surface area (Å²) in [5.74, 6) is 5.84. The predicted molar refractivity (Wildman–Crippen MR) is 120 cm³/mol. The van der Waals surface area contributed by atoms with Gasteiger partial charge in [0.05, 0.1) is 10.6 Å². The second kappa shape index (κ2) is 9.39. The number of halogens is 1. The Hall–Kier alpha value is -2.72. The van der Waals surface area contributed by atoms with Gasteiger partial charge in [-0.15, -0.1) is 0 Å². The van der Waals surface area contributed by atoms with Crippen molar-refractivity contribution < 1.29 is 13.7 Å². The van der Waals surface area contributed by atoms with Crippen LogP contribution in [-0.2, 0) is 4.43 Å². The van der Waals surface area contributed by atoms with Crippen molar-refractivity contribution in [3.63, 3.8) is 0 Å². The van der Waals surface area contributed by atoms with Gasteiger partial charge < -0.3 is 8.95 Å². The fourth-order valence-corrected chi connectivity index (χ4v) is 3.71. The zero-order valence-electron chi connectivity index (χ0n) is 17.4. The van der Waals surface area contributed by atoms with Crippen LogP contribution in [0.5, 0.6) is 0 Å². The number of hydrogen-bond donors (Lipinski definition) is 0. The first-order valence-electron chi connectivity index (χ1n) is 9.61. The van der Waals surface area contributed by atoms with E-state index in [2.05, 4.69) is 41.6 Å². The Morgan fingerprint density at radius 1 is 1.23 bits per heavy atom. The summed E-state index contributed by atoms with van der Waals surface area (Å²) >= 11 is 6.37. The largest absolute Gasteiger partial charge is 0.417 e. The summed E-state index contributed by atoms with van der Waals surface area (Å²) in [4.78, 5) is 16.5. The molecule has 2 aromatic heterocycles. The number of Topliss-reactive ketones (excluding diaryl/α,β-unsaturated/α-hetero) is 1. The molecule has 0 aliphatic rings. The Bertz CT molecular complexity index is 1090. The van der Waals surface area contributed by atoms with Crippen LogP contribution in [-0.4, -0.2) is 30.8 Å². The average molecular weight is 439 g/mol. The van der Waals surface area contributed by atoms with E-state index < -0.39 is 8.32 Å². The van der Waals surface area contributed by atoms with E-state index >= 15 is 0 Å². The summed E-state index contributed by atoms with van der Waals surface area (Å²) in [7, 11) is -1.70. The van der Waals surface area contributed by atoms with Crippen molar-refractivity contribution in [2.45, 2.75) is 32.5 Å². The predicted octanol–water partition coefficient (Wildman–Crippen LogP) is 5.58. The molecule has 3 aromatic rings. The number of nitrogens with zero attached hydrogens (tertiary/aromatic N) is 2. The minimum atomic E-state index is -1.70. The summed E-state index contributed by atoms with van der Waals surface area (Å²) in [6.07, 6.45) is 3.10. The highest BCUT2D eigenvalue weighted by Crippen LogP contribution is 2.33. The van der Waals surface area contributed by atoms with Crippen LogP contribution >= 0.6 is 11.6 Å². The maximum Gasteiger partial charge on any atom is 0.237 e. The van der Waals surface area contributed by atoms with E-state index in [9.17, 15) is 4.79 Å². The molecule has 7 heteroatoms. The summed E-state index contributed by atoms with van der Waals surface area (Å²) in [5, 5.41) is 4.77. The first kappa shape index (κ1) is 22.0. The normalized spacial score (nSPS) is 12.2. The van der Waals surface area contributed by atoms with Gasteiger partial charge in [-0.05, 0) is 43.8 Å². The van der Waals surface area contributed by atoms with Crippen LogP contribution in [0, 0.1) is 11.8 Å². The van der Waals surface area contributed by atoms with Crippen LogP contribution in [0.3, 0.4) is 0 Å². The van der Waals surface area contributed by atoms with Gasteiger partial charge in [0.1, 0.15) is 5.69 Å².